The molecule has 0 fully saturated rings. The molecule has 6 nitrogen and oxygen atoms in total. The molecule has 0 spiro atoms. The lowest BCUT2D eigenvalue weighted by atomic mass is 10.0. The summed E-state index contributed by atoms with van der Waals surface area (Å²) in [5.41, 5.74) is 6.34. The van der Waals surface area contributed by atoms with Gasteiger partial charge < -0.3 is 25.6 Å². The molecule has 4 N–H and O–H groups in total. The molecular weight excluding hydrogens is 308 g/mol. The van der Waals surface area contributed by atoms with Crippen LogP contribution in [0.4, 0.5) is 0 Å². The minimum atomic E-state index is -0.864. The number of nitrogens with one attached hydrogen (secondary N) is 1. The molecule has 0 radical (unpaired) electrons. The molecule has 1 amide bonds. The second-order valence-corrected chi connectivity index (χ2v) is 5.18. The zero-order valence-electron chi connectivity index (χ0n) is 13.3. The van der Waals surface area contributed by atoms with Crippen molar-refractivity contribution >= 4 is 18.3 Å². The van der Waals surface area contributed by atoms with Crippen LogP contribution in [0.5, 0.6) is 11.5 Å². The Balaban J connectivity index is 0.00000441. The predicted molar refractivity (Wildman–Crippen MR) is 87.6 cm³/mol. The smallest absolute Gasteiger partial charge is 0.237 e. The van der Waals surface area contributed by atoms with Crippen molar-refractivity contribution in [1.29, 1.82) is 0 Å². The first-order valence-corrected chi connectivity index (χ1v) is 6.83. The van der Waals surface area contributed by atoms with Crippen LogP contribution >= 0.6 is 12.4 Å². The van der Waals surface area contributed by atoms with Crippen molar-refractivity contribution < 1.29 is 19.4 Å². The number of methoxy groups -OCH3 is 2. The summed E-state index contributed by atoms with van der Waals surface area (Å²) in [5, 5.41) is 12.8. The van der Waals surface area contributed by atoms with Gasteiger partial charge in [0.05, 0.1) is 26.4 Å². The van der Waals surface area contributed by atoms with E-state index >= 15 is 0 Å². The number of hydrogen-bond acceptors (Lipinski definition) is 5. The van der Waals surface area contributed by atoms with E-state index in [2.05, 4.69) is 5.32 Å². The quantitative estimate of drug-likeness (QED) is 0.699. The highest BCUT2D eigenvalue weighted by Gasteiger charge is 2.18. The summed E-state index contributed by atoms with van der Waals surface area (Å²) in [7, 11) is 3.07. The van der Waals surface area contributed by atoms with Crippen LogP contribution < -0.4 is 20.5 Å². The van der Waals surface area contributed by atoms with Crippen molar-refractivity contribution in [1.82, 2.24) is 5.32 Å². The number of nitrogens with two attached hydrogens (primary N) is 1. The Bertz CT molecular complexity index is 460. The SMILES string of the molecule is COc1cc(OC)cc(C(O)CNC(=O)[C@@H](N)C(C)C)c1.Cl. The summed E-state index contributed by atoms with van der Waals surface area (Å²) >= 11 is 0. The average Bonchev–Trinajstić information content (AvgIpc) is 2.50. The molecule has 1 aromatic carbocycles. The van der Waals surface area contributed by atoms with Gasteiger partial charge in [0, 0.05) is 12.6 Å². The molecule has 0 aromatic heterocycles. The maximum atomic E-state index is 11.8. The number of hydrogen-bond donors (Lipinski definition) is 3. The van der Waals surface area contributed by atoms with E-state index in [0.29, 0.717) is 17.1 Å². The molecule has 1 unspecified atom stereocenters. The van der Waals surface area contributed by atoms with E-state index in [1.165, 1.54) is 14.2 Å². The van der Waals surface area contributed by atoms with Gasteiger partial charge in [0.2, 0.25) is 5.91 Å². The van der Waals surface area contributed by atoms with Gasteiger partial charge >= 0.3 is 0 Å². The summed E-state index contributed by atoms with van der Waals surface area (Å²) in [6.07, 6.45) is -0.864. The van der Waals surface area contributed by atoms with E-state index in [9.17, 15) is 9.90 Å². The van der Waals surface area contributed by atoms with E-state index in [0.717, 1.165) is 0 Å². The van der Waals surface area contributed by atoms with Crippen LogP contribution in [0.3, 0.4) is 0 Å². The number of carbonyl (C=O) groups is 1. The first-order chi connectivity index (χ1) is 9.88. The molecule has 0 bridgehead atoms. The monoisotopic (exact) mass is 332 g/mol. The summed E-state index contributed by atoms with van der Waals surface area (Å²) in [5.74, 6) is 0.917. The van der Waals surface area contributed by atoms with Gasteiger partial charge in [-0.1, -0.05) is 13.8 Å². The highest BCUT2D eigenvalue weighted by atomic mass is 35.5. The molecule has 0 heterocycles. The van der Waals surface area contributed by atoms with Crippen molar-refractivity contribution in [3.05, 3.63) is 23.8 Å². The van der Waals surface area contributed by atoms with Crippen LogP contribution in [0.2, 0.25) is 0 Å². The van der Waals surface area contributed by atoms with Gasteiger partial charge in [0.15, 0.2) is 0 Å². The first-order valence-electron chi connectivity index (χ1n) is 6.83. The molecule has 1 aromatic rings. The molecular formula is C15H25ClN2O4. The van der Waals surface area contributed by atoms with Gasteiger partial charge in [-0.3, -0.25) is 4.79 Å². The third-order valence-corrected chi connectivity index (χ3v) is 3.25. The van der Waals surface area contributed by atoms with Crippen LogP contribution in [-0.2, 0) is 4.79 Å². The number of amides is 1. The molecule has 2 atom stereocenters. The number of rotatable bonds is 7. The zero-order chi connectivity index (χ0) is 16.0. The number of aliphatic hydroxyl groups is 1. The maximum absolute atomic E-state index is 11.8. The van der Waals surface area contributed by atoms with Crippen molar-refractivity contribution in [2.24, 2.45) is 11.7 Å². The lowest BCUT2D eigenvalue weighted by molar-refractivity contribution is -0.123. The van der Waals surface area contributed by atoms with Crippen molar-refractivity contribution in [2.75, 3.05) is 20.8 Å². The van der Waals surface area contributed by atoms with Crippen LogP contribution in [0.1, 0.15) is 25.5 Å². The second kappa shape index (κ2) is 9.50. The molecule has 0 saturated carbocycles. The highest BCUT2D eigenvalue weighted by molar-refractivity contribution is 5.85. The number of halogens is 1. The summed E-state index contributed by atoms with van der Waals surface area (Å²) < 4.78 is 10.3. The third kappa shape index (κ3) is 5.71. The number of ether oxygens (including phenoxy) is 2. The standard InChI is InChI=1S/C15H24N2O4.ClH/c1-9(2)14(16)15(19)17-8-13(18)10-5-11(20-3)7-12(6-10)21-4;/h5-7,9,13-14,18H,8,16H2,1-4H3,(H,17,19);1H/t13?,14-;/m0./s1. The Morgan fingerprint density at radius 3 is 2.14 bits per heavy atom. The largest absolute Gasteiger partial charge is 0.497 e. The van der Waals surface area contributed by atoms with Crippen LogP contribution in [-0.4, -0.2) is 37.8 Å². The normalized spacial score (nSPS) is 13.0. The third-order valence-electron chi connectivity index (χ3n) is 3.25. The van der Waals surface area contributed by atoms with Crippen LogP contribution in [0, 0.1) is 5.92 Å². The van der Waals surface area contributed by atoms with Crippen molar-refractivity contribution in [2.45, 2.75) is 26.0 Å². The summed E-state index contributed by atoms with van der Waals surface area (Å²) in [6, 6.07) is 4.52. The summed E-state index contributed by atoms with van der Waals surface area (Å²) in [4.78, 5) is 11.8. The van der Waals surface area contributed by atoms with E-state index in [4.69, 9.17) is 15.2 Å². The van der Waals surface area contributed by atoms with E-state index in [1.807, 2.05) is 13.8 Å². The maximum Gasteiger partial charge on any atom is 0.237 e. The molecule has 126 valence electrons. The van der Waals surface area contributed by atoms with Gasteiger partial charge in [0.1, 0.15) is 11.5 Å². The first kappa shape index (κ1) is 20.5. The Hall–Kier alpha value is -1.50. The van der Waals surface area contributed by atoms with Crippen molar-refractivity contribution in [3.63, 3.8) is 0 Å². The fourth-order valence-corrected chi connectivity index (χ4v) is 1.76. The van der Waals surface area contributed by atoms with E-state index in [1.54, 1.807) is 18.2 Å². The van der Waals surface area contributed by atoms with Gasteiger partial charge in [-0.25, -0.2) is 0 Å². The lowest BCUT2D eigenvalue weighted by Crippen LogP contribution is -2.45. The average molecular weight is 333 g/mol. The van der Waals surface area contributed by atoms with E-state index in [-0.39, 0.29) is 30.8 Å². The number of benzene rings is 1. The molecule has 0 aliphatic rings. The topological polar surface area (TPSA) is 93.8 Å². The zero-order valence-corrected chi connectivity index (χ0v) is 14.1. The molecule has 1 rings (SSSR count). The number of aliphatic hydroxyl groups excluding tert-OH is 1. The Morgan fingerprint density at radius 2 is 1.73 bits per heavy atom. The lowest BCUT2D eigenvalue weighted by Gasteiger charge is -2.18. The Morgan fingerprint density at radius 1 is 1.23 bits per heavy atom. The predicted octanol–water partition coefficient (Wildman–Crippen LogP) is 1.26. The fourth-order valence-electron chi connectivity index (χ4n) is 1.76. The van der Waals surface area contributed by atoms with Crippen LogP contribution in [0.25, 0.3) is 0 Å². The molecule has 22 heavy (non-hydrogen) atoms. The number of carbonyl (C=O) groups excluding carboxylic acids is 1. The molecule has 0 aliphatic heterocycles. The fraction of sp³-hybridized carbons (Fsp3) is 0.533. The Labute approximate surface area is 137 Å². The molecule has 7 heteroatoms. The van der Waals surface area contributed by atoms with Gasteiger partial charge in [-0.2, -0.15) is 0 Å². The minimum absolute atomic E-state index is 0. The molecule has 0 aliphatic carbocycles. The Kier molecular flexibility index (Phi) is 8.86. The highest BCUT2D eigenvalue weighted by Crippen LogP contribution is 2.26. The van der Waals surface area contributed by atoms with Gasteiger partial charge in [-0.05, 0) is 23.6 Å². The van der Waals surface area contributed by atoms with Gasteiger partial charge in [0.25, 0.3) is 0 Å². The molecule has 0 saturated heterocycles. The van der Waals surface area contributed by atoms with Gasteiger partial charge in [-0.15, -0.1) is 12.4 Å². The minimum Gasteiger partial charge on any atom is -0.497 e. The van der Waals surface area contributed by atoms with Crippen molar-refractivity contribution in [3.8, 4) is 11.5 Å². The van der Waals surface area contributed by atoms with E-state index < -0.39 is 12.1 Å². The second-order valence-electron chi connectivity index (χ2n) is 5.18. The summed E-state index contributed by atoms with van der Waals surface area (Å²) in [6.45, 7) is 3.82. The van der Waals surface area contributed by atoms with Crippen LogP contribution in [0.15, 0.2) is 18.2 Å².